The quantitative estimate of drug-likeness (QED) is 0.560. The van der Waals surface area contributed by atoms with E-state index >= 15 is 0 Å². The fraction of sp³-hybridized carbons (Fsp3) is 0.471. The van der Waals surface area contributed by atoms with E-state index in [4.69, 9.17) is 0 Å². The Hall–Kier alpha value is -1.64. The zero-order valence-corrected chi connectivity index (χ0v) is 15.6. The molecule has 1 spiro atoms. The van der Waals surface area contributed by atoms with Crippen molar-refractivity contribution in [2.24, 2.45) is 5.92 Å². The lowest BCUT2D eigenvalue weighted by atomic mass is 9.77. The molecule has 2 aliphatic rings. The second-order valence-corrected chi connectivity index (χ2v) is 7.89. The van der Waals surface area contributed by atoms with E-state index in [0.717, 1.165) is 21.3 Å². The number of carbonyl (C=O) groups is 3. The van der Waals surface area contributed by atoms with Gasteiger partial charge in [0.05, 0.1) is 0 Å². The highest BCUT2D eigenvalue weighted by molar-refractivity contribution is 14.1. The number of rotatable bonds is 3. The number of amides is 4. The van der Waals surface area contributed by atoms with Crippen molar-refractivity contribution in [3.05, 3.63) is 27.8 Å². The maximum atomic E-state index is 12.7. The smallest absolute Gasteiger partial charge is 0.325 e. The summed E-state index contributed by atoms with van der Waals surface area (Å²) >= 11 is 2.18. The van der Waals surface area contributed by atoms with Gasteiger partial charge in [0.1, 0.15) is 12.1 Å². The molecule has 0 bridgehead atoms. The van der Waals surface area contributed by atoms with Crippen LogP contribution in [0.3, 0.4) is 0 Å². The largest absolute Gasteiger partial charge is 0.325 e. The third kappa shape index (κ3) is 3.40. The van der Waals surface area contributed by atoms with Crippen LogP contribution in [0.2, 0.25) is 0 Å². The number of anilines is 1. The third-order valence-corrected chi connectivity index (χ3v) is 5.52. The fourth-order valence-corrected chi connectivity index (χ4v) is 3.65. The maximum absolute atomic E-state index is 12.7. The highest BCUT2D eigenvalue weighted by atomic mass is 127. The molecule has 2 N–H and O–H groups in total. The second kappa shape index (κ2) is 6.70. The zero-order valence-electron chi connectivity index (χ0n) is 13.5. The Kier molecular flexibility index (Phi) is 4.80. The number of nitrogens with zero attached hydrogens (tertiary/aromatic N) is 1. The van der Waals surface area contributed by atoms with Gasteiger partial charge in [0.15, 0.2) is 0 Å². The summed E-state index contributed by atoms with van der Waals surface area (Å²) in [6.07, 6.45) is 3.12. The summed E-state index contributed by atoms with van der Waals surface area (Å²) < 4.78 is 1.06. The Balaban J connectivity index is 1.64. The first-order valence-corrected chi connectivity index (χ1v) is 9.17. The minimum Gasteiger partial charge on any atom is -0.325 e. The van der Waals surface area contributed by atoms with E-state index in [9.17, 15) is 14.4 Å². The molecule has 1 saturated carbocycles. The van der Waals surface area contributed by atoms with Gasteiger partial charge in [-0.1, -0.05) is 6.92 Å². The molecule has 2 fully saturated rings. The summed E-state index contributed by atoms with van der Waals surface area (Å²) in [5.74, 6) is -0.0725. The standard InChI is InChI=1S/C17H20IN3O3/c1-11-6-8-17(9-7-11)15(23)21(16(24)20-17)10-14(22)19-13-4-2-12(18)3-5-13/h2-5,11H,6-10H2,1H3,(H,19,22)(H,20,24). The van der Waals surface area contributed by atoms with Crippen molar-refractivity contribution in [1.29, 1.82) is 0 Å². The van der Waals surface area contributed by atoms with Crippen LogP contribution in [-0.2, 0) is 9.59 Å². The van der Waals surface area contributed by atoms with Crippen LogP contribution in [0.25, 0.3) is 0 Å². The number of urea groups is 1. The van der Waals surface area contributed by atoms with Crippen molar-refractivity contribution in [2.45, 2.75) is 38.1 Å². The van der Waals surface area contributed by atoms with Gasteiger partial charge in [-0.15, -0.1) is 0 Å². The van der Waals surface area contributed by atoms with Crippen molar-refractivity contribution in [1.82, 2.24) is 10.2 Å². The lowest BCUT2D eigenvalue weighted by Crippen LogP contribution is -2.49. The van der Waals surface area contributed by atoms with Crippen LogP contribution in [0.5, 0.6) is 0 Å². The van der Waals surface area contributed by atoms with E-state index in [1.54, 1.807) is 12.1 Å². The van der Waals surface area contributed by atoms with Gasteiger partial charge in [-0.2, -0.15) is 0 Å². The zero-order chi connectivity index (χ0) is 17.3. The van der Waals surface area contributed by atoms with Crippen molar-refractivity contribution in [3.8, 4) is 0 Å². The summed E-state index contributed by atoms with van der Waals surface area (Å²) in [7, 11) is 0. The molecule has 24 heavy (non-hydrogen) atoms. The first kappa shape index (κ1) is 17.2. The van der Waals surface area contributed by atoms with Crippen LogP contribution >= 0.6 is 22.6 Å². The van der Waals surface area contributed by atoms with Crippen molar-refractivity contribution >= 4 is 46.1 Å². The summed E-state index contributed by atoms with van der Waals surface area (Å²) in [6.45, 7) is 1.90. The molecule has 0 radical (unpaired) electrons. The minimum atomic E-state index is -0.799. The molecular weight excluding hydrogens is 421 g/mol. The number of nitrogens with one attached hydrogen (secondary N) is 2. The molecule has 0 aromatic heterocycles. The SMILES string of the molecule is CC1CCC2(CC1)NC(=O)N(CC(=O)Nc1ccc(I)cc1)C2=O. The van der Waals surface area contributed by atoms with E-state index in [1.807, 2.05) is 12.1 Å². The van der Waals surface area contributed by atoms with Gasteiger partial charge in [0, 0.05) is 9.26 Å². The number of benzene rings is 1. The van der Waals surface area contributed by atoms with Gasteiger partial charge < -0.3 is 10.6 Å². The first-order chi connectivity index (χ1) is 11.4. The number of carbonyl (C=O) groups excluding carboxylic acids is 3. The Morgan fingerprint density at radius 3 is 2.54 bits per heavy atom. The molecule has 128 valence electrons. The Morgan fingerprint density at radius 1 is 1.29 bits per heavy atom. The molecule has 0 unspecified atom stereocenters. The van der Waals surface area contributed by atoms with Crippen LogP contribution in [0, 0.1) is 9.49 Å². The monoisotopic (exact) mass is 441 g/mol. The molecule has 1 aliphatic carbocycles. The van der Waals surface area contributed by atoms with E-state index in [0.29, 0.717) is 24.4 Å². The predicted molar refractivity (Wildman–Crippen MR) is 98.4 cm³/mol. The topological polar surface area (TPSA) is 78.5 Å². The summed E-state index contributed by atoms with van der Waals surface area (Å²) in [5, 5.41) is 5.54. The van der Waals surface area contributed by atoms with Gasteiger partial charge in [0.25, 0.3) is 5.91 Å². The van der Waals surface area contributed by atoms with Crippen LogP contribution in [0.4, 0.5) is 10.5 Å². The Labute approximate surface area is 154 Å². The number of halogens is 1. The molecule has 4 amide bonds. The Bertz CT molecular complexity index is 666. The molecule has 1 saturated heterocycles. The lowest BCUT2D eigenvalue weighted by Gasteiger charge is -2.33. The van der Waals surface area contributed by atoms with Gasteiger partial charge in [-0.3, -0.25) is 14.5 Å². The summed E-state index contributed by atoms with van der Waals surface area (Å²) in [4.78, 5) is 38.1. The number of hydrogen-bond donors (Lipinski definition) is 2. The van der Waals surface area contributed by atoms with Gasteiger partial charge in [-0.05, 0) is 78.5 Å². The third-order valence-electron chi connectivity index (χ3n) is 4.80. The Morgan fingerprint density at radius 2 is 1.92 bits per heavy atom. The highest BCUT2D eigenvalue weighted by Gasteiger charge is 2.52. The second-order valence-electron chi connectivity index (χ2n) is 6.64. The average Bonchev–Trinajstić information content (AvgIpc) is 2.77. The predicted octanol–water partition coefficient (Wildman–Crippen LogP) is 2.73. The highest BCUT2D eigenvalue weighted by Crippen LogP contribution is 2.36. The van der Waals surface area contributed by atoms with Gasteiger partial charge >= 0.3 is 6.03 Å². The van der Waals surface area contributed by atoms with Crippen LogP contribution in [0.1, 0.15) is 32.6 Å². The van der Waals surface area contributed by atoms with E-state index in [-0.39, 0.29) is 18.4 Å². The molecule has 3 rings (SSSR count). The summed E-state index contributed by atoms with van der Waals surface area (Å²) in [6, 6.07) is 6.86. The molecule has 1 aromatic rings. The summed E-state index contributed by atoms with van der Waals surface area (Å²) in [5.41, 5.74) is -0.152. The lowest BCUT2D eigenvalue weighted by molar-refractivity contribution is -0.135. The number of hydrogen-bond acceptors (Lipinski definition) is 3. The van der Waals surface area contributed by atoms with Crippen LogP contribution in [0.15, 0.2) is 24.3 Å². The van der Waals surface area contributed by atoms with E-state index in [1.165, 1.54) is 0 Å². The van der Waals surface area contributed by atoms with Crippen molar-refractivity contribution in [2.75, 3.05) is 11.9 Å². The van der Waals surface area contributed by atoms with Crippen molar-refractivity contribution < 1.29 is 14.4 Å². The average molecular weight is 441 g/mol. The molecule has 1 aliphatic heterocycles. The minimum absolute atomic E-state index is 0.256. The normalized spacial score (nSPS) is 26.6. The molecule has 1 aromatic carbocycles. The van der Waals surface area contributed by atoms with Crippen LogP contribution < -0.4 is 10.6 Å². The van der Waals surface area contributed by atoms with E-state index in [2.05, 4.69) is 40.1 Å². The number of imide groups is 1. The van der Waals surface area contributed by atoms with Gasteiger partial charge in [-0.25, -0.2) is 4.79 Å². The molecule has 0 atom stereocenters. The molecule has 6 nitrogen and oxygen atoms in total. The molecule has 1 heterocycles. The van der Waals surface area contributed by atoms with Crippen LogP contribution in [-0.4, -0.2) is 34.8 Å². The molecular formula is C17H20IN3O3. The maximum Gasteiger partial charge on any atom is 0.325 e. The van der Waals surface area contributed by atoms with E-state index < -0.39 is 11.6 Å². The molecule has 7 heteroatoms. The first-order valence-electron chi connectivity index (χ1n) is 8.09. The fourth-order valence-electron chi connectivity index (χ4n) is 3.29. The van der Waals surface area contributed by atoms with Crippen molar-refractivity contribution in [3.63, 3.8) is 0 Å². The van der Waals surface area contributed by atoms with Gasteiger partial charge in [0.2, 0.25) is 5.91 Å².